The lowest BCUT2D eigenvalue weighted by Crippen LogP contribution is -2.44. The van der Waals surface area contributed by atoms with Gasteiger partial charge in [-0.05, 0) is 29.8 Å². The summed E-state index contributed by atoms with van der Waals surface area (Å²) in [5.41, 5.74) is 2.09. The van der Waals surface area contributed by atoms with Gasteiger partial charge in [0.05, 0.1) is 12.2 Å². The van der Waals surface area contributed by atoms with Crippen molar-refractivity contribution in [1.82, 2.24) is 4.90 Å². The minimum absolute atomic E-state index is 0.0738. The van der Waals surface area contributed by atoms with E-state index in [0.717, 1.165) is 11.3 Å². The van der Waals surface area contributed by atoms with Gasteiger partial charge in [0.2, 0.25) is 0 Å². The molecule has 2 aromatic carbocycles. The fraction of sp³-hybridized carbons (Fsp3) is 0.278. The van der Waals surface area contributed by atoms with Crippen LogP contribution >= 0.6 is 0 Å². The lowest BCUT2D eigenvalue weighted by molar-refractivity contribution is -0.0498. The van der Waals surface area contributed by atoms with Gasteiger partial charge in [-0.3, -0.25) is 4.79 Å². The molecule has 0 spiro atoms. The second-order valence-electron chi connectivity index (χ2n) is 5.53. The fourth-order valence-electron chi connectivity index (χ4n) is 2.81. The minimum atomic E-state index is -2.87. The maximum atomic E-state index is 12.8. The Morgan fingerprint density at radius 2 is 1.88 bits per heavy atom. The molecule has 1 atom stereocenters. The van der Waals surface area contributed by atoms with Gasteiger partial charge in [-0.1, -0.05) is 24.3 Å². The molecular formula is C18H18F2N2O3. The number of nitrogens with one attached hydrogen (secondary N) is 1. The minimum Gasteiger partial charge on any atom is -0.435 e. The Balaban J connectivity index is 1.90. The number of hydrogen-bond donors (Lipinski definition) is 1. The maximum absolute atomic E-state index is 12.8. The van der Waals surface area contributed by atoms with Crippen LogP contribution in [0.25, 0.3) is 0 Å². The van der Waals surface area contributed by atoms with Crippen LogP contribution < -0.4 is 10.1 Å². The molecule has 5 nitrogen and oxygen atoms in total. The van der Waals surface area contributed by atoms with E-state index in [1.165, 1.54) is 12.1 Å². The number of ether oxygens (including phenoxy) is 2. The standard InChI is InChI=1S/C18H18F2N2O3/c1-24-11-10-22-16(12-6-8-13(9-7-12)25-18(19)20)21-15-5-3-2-4-14(15)17(22)23/h2-9,16,18,21H,10-11H2,1H3. The highest BCUT2D eigenvalue weighted by Gasteiger charge is 2.32. The third-order valence-corrected chi connectivity index (χ3v) is 3.98. The number of methoxy groups -OCH3 is 1. The molecular weight excluding hydrogens is 330 g/mol. The van der Waals surface area contributed by atoms with Crippen LogP contribution in [0.5, 0.6) is 5.75 Å². The number of nitrogens with zero attached hydrogens (tertiary/aromatic N) is 1. The zero-order valence-electron chi connectivity index (χ0n) is 13.6. The average molecular weight is 348 g/mol. The second-order valence-corrected chi connectivity index (χ2v) is 5.53. The quantitative estimate of drug-likeness (QED) is 0.868. The fourth-order valence-corrected chi connectivity index (χ4v) is 2.81. The molecule has 0 bridgehead atoms. The van der Waals surface area contributed by atoms with Crippen LogP contribution in [0.15, 0.2) is 48.5 Å². The van der Waals surface area contributed by atoms with Crippen LogP contribution in [0.2, 0.25) is 0 Å². The molecule has 1 heterocycles. The van der Waals surface area contributed by atoms with Crippen LogP contribution in [0.1, 0.15) is 22.1 Å². The Morgan fingerprint density at radius 1 is 1.16 bits per heavy atom. The van der Waals surface area contributed by atoms with Gasteiger partial charge in [-0.2, -0.15) is 8.78 Å². The molecule has 7 heteroatoms. The Hall–Kier alpha value is -2.67. The van der Waals surface area contributed by atoms with E-state index < -0.39 is 12.8 Å². The van der Waals surface area contributed by atoms with Gasteiger partial charge in [0.25, 0.3) is 5.91 Å². The predicted molar refractivity (Wildman–Crippen MR) is 88.8 cm³/mol. The van der Waals surface area contributed by atoms with Crippen LogP contribution in [-0.4, -0.2) is 37.7 Å². The number of fused-ring (bicyclic) bond motifs is 1. The summed E-state index contributed by atoms with van der Waals surface area (Å²) in [5.74, 6) is -0.0333. The van der Waals surface area contributed by atoms with Gasteiger partial charge in [-0.25, -0.2) is 0 Å². The Bertz CT molecular complexity index is 737. The first-order chi connectivity index (χ1) is 12.1. The number of hydrogen-bond acceptors (Lipinski definition) is 4. The van der Waals surface area contributed by atoms with E-state index in [0.29, 0.717) is 18.7 Å². The normalized spacial score (nSPS) is 16.6. The molecule has 0 saturated carbocycles. The summed E-state index contributed by atoms with van der Waals surface area (Å²) >= 11 is 0. The number of carbonyl (C=O) groups is 1. The van der Waals surface area contributed by atoms with Gasteiger partial charge in [-0.15, -0.1) is 0 Å². The third-order valence-electron chi connectivity index (χ3n) is 3.98. The van der Waals surface area contributed by atoms with Crippen molar-refractivity contribution in [2.75, 3.05) is 25.6 Å². The smallest absolute Gasteiger partial charge is 0.387 e. The lowest BCUT2D eigenvalue weighted by Gasteiger charge is -2.38. The van der Waals surface area contributed by atoms with Crippen molar-refractivity contribution in [3.05, 3.63) is 59.7 Å². The Kier molecular flexibility index (Phi) is 5.14. The lowest BCUT2D eigenvalue weighted by atomic mass is 10.0. The molecule has 1 aliphatic rings. The number of halogens is 2. The molecule has 3 rings (SSSR count). The summed E-state index contributed by atoms with van der Waals surface area (Å²) < 4.78 is 34.1. The van der Waals surface area contributed by atoms with Gasteiger partial charge in [0.1, 0.15) is 11.9 Å². The number of amides is 1. The first kappa shape index (κ1) is 17.2. The third kappa shape index (κ3) is 3.71. The molecule has 0 radical (unpaired) electrons. The van der Waals surface area contributed by atoms with Crippen molar-refractivity contribution in [3.63, 3.8) is 0 Å². The maximum Gasteiger partial charge on any atom is 0.387 e. The van der Waals surface area contributed by atoms with E-state index in [-0.39, 0.29) is 11.7 Å². The molecule has 0 saturated heterocycles. The SMILES string of the molecule is COCCN1C(=O)c2ccccc2NC1c1ccc(OC(F)F)cc1. The zero-order chi connectivity index (χ0) is 17.8. The topological polar surface area (TPSA) is 50.8 Å². The highest BCUT2D eigenvalue weighted by molar-refractivity contribution is 6.01. The van der Waals surface area contributed by atoms with E-state index in [2.05, 4.69) is 10.1 Å². The van der Waals surface area contributed by atoms with Crippen LogP contribution in [0, 0.1) is 0 Å². The monoisotopic (exact) mass is 348 g/mol. The predicted octanol–water partition coefficient (Wildman–Crippen LogP) is 3.50. The van der Waals surface area contributed by atoms with Crippen molar-refractivity contribution in [2.45, 2.75) is 12.8 Å². The molecule has 1 aliphatic heterocycles. The van der Waals surface area contributed by atoms with Gasteiger partial charge >= 0.3 is 6.61 Å². The zero-order valence-corrected chi connectivity index (χ0v) is 13.6. The molecule has 0 aliphatic carbocycles. The summed E-state index contributed by atoms with van der Waals surface area (Å²) in [4.78, 5) is 14.5. The number of alkyl halides is 2. The summed E-state index contributed by atoms with van der Waals surface area (Å²) in [6, 6.07) is 13.5. The van der Waals surface area contributed by atoms with Crippen LogP contribution in [0.4, 0.5) is 14.5 Å². The van der Waals surface area contributed by atoms with Crippen molar-refractivity contribution >= 4 is 11.6 Å². The summed E-state index contributed by atoms with van der Waals surface area (Å²) in [5, 5.41) is 3.32. The highest BCUT2D eigenvalue weighted by atomic mass is 19.3. The van der Waals surface area contributed by atoms with E-state index in [4.69, 9.17) is 4.74 Å². The van der Waals surface area contributed by atoms with Crippen molar-refractivity contribution in [3.8, 4) is 5.75 Å². The molecule has 1 unspecified atom stereocenters. The number of benzene rings is 2. The van der Waals surface area contributed by atoms with Crippen molar-refractivity contribution < 1.29 is 23.0 Å². The number of para-hydroxylation sites is 1. The first-order valence-electron chi connectivity index (χ1n) is 7.80. The van der Waals surface area contributed by atoms with Crippen molar-refractivity contribution in [1.29, 1.82) is 0 Å². The van der Waals surface area contributed by atoms with E-state index in [1.807, 2.05) is 18.2 Å². The number of rotatable bonds is 6. The van der Waals surface area contributed by atoms with E-state index in [9.17, 15) is 13.6 Å². The summed E-state index contributed by atoms with van der Waals surface area (Å²) in [6.07, 6.45) is -0.418. The van der Waals surface area contributed by atoms with Gasteiger partial charge in [0.15, 0.2) is 0 Å². The van der Waals surface area contributed by atoms with Crippen LogP contribution in [0.3, 0.4) is 0 Å². The number of anilines is 1. The molecule has 1 N–H and O–H groups in total. The Morgan fingerprint density at radius 3 is 2.56 bits per heavy atom. The molecule has 25 heavy (non-hydrogen) atoms. The second kappa shape index (κ2) is 7.48. The van der Waals surface area contributed by atoms with Gasteiger partial charge in [0, 0.05) is 19.3 Å². The number of carbonyl (C=O) groups excluding carboxylic acids is 1. The summed E-state index contributed by atoms with van der Waals surface area (Å²) in [7, 11) is 1.57. The Labute approximate surface area is 144 Å². The highest BCUT2D eigenvalue weighted by Crippen LogP contribution is 2.33. The average Bonchev–Trinajstić information content (AvgIpc) is 2.61. The molecule has 2 aromatic rings. The van der Waals surface area contributed by atoms with Gasteiger partial charge < -0.3 is 19.7 Å². The van der Waals surface area contributed by atoms with E-state index >= 15 is 0 Å². The molecule has 1 amide bonds. The summed E-state index contributed by atoms with van der Waals surface area (Å²) in [6.45, 7) is -2.08. The molecule has 0 aromatic heterocycles. The van der Waals surface area contributed by atoms with E-state index in [1.54, 1.807) is 30.2 Å². The van der Waals surface area contributed by atoms with Crippen LogP contribution in [-0.2, 0) is 4.74 Å². The molecule has 132 valence electrons. The van der Waals surface area contributed by atoms with Crippen molar-refractivity contribution in [2.24, 2.45) is 0 Å². The first-order valence-corrected chi connectivity index (χ1v) is 7.80. The largest absolute Gasteiger partial charge is 0.435 e. The molecule has 0 fully saturated rings.